The van der Waals surface area contributed by atoms with Gasteiger partial charge in [-0.15, -0.1) is 0 Å². The highest BCUT2D eigenvalue weighted by molar-refractivity contribution is 6.01. The molecular formula is C24H22N2O2. The van der Waals surface area contributed by atoms with Crippen molar-refractivity contribution in [1.29, 1.82) is 0 Å². The molecule has 0 saturated carbocycles. The summed E-state index contributed by atoms with van der Waals surface area (Å²) in [6.45, 7) is 1.96. The van der Waals surface area contributed by atoms with E-state index in [2.05, 4.69) is 34.9 Å². The van der Waals surface area contributed by atoms with Gasteiger partial charge >= 0.3 is 0 Å². The van der Waals surface area contributed by atoms with E-state index in [1.54, 1.807) is 0 Å². The maximum Gasteiger partial charge on any atom is 0.228 e. The second-order valence-corrected chi connectivity index (χ2v) is 7.11. The number of carbonyl (C=O) groups excluding carboxylic acids is 2. The predicted octanol–water partition coefficient (Wildman–Crippen LogP) is 4.66. The van der Waals surface area contributed by atoms with Gasteiger partial charge in [0.15, 0.2) is 0 Å². The zero-order valence-electron chi connectivity index (χ0n) is 15.7. The molecule has 0 aromatic heterocycles. The molecule has 0 bridgehead atoms. The molecule has 0 saturated heterocycles. The third-order valence-corrected chi connectivity index (χ3v) is 5.19. The molecule has 1 aliphatic rings. The van der Waals surface area contributed by atoms with Gasteiger partial charge in [0.2, 0.25) is 11.8 Å². The zero-order valence-corrected chi connectivity index (χ0v) is 15.7. The van der Waals surface area contributed by atoms with Crippen molar-refractivity contribution in [2.24, 2.45) is 0 Å². The lowest BCUT2D eigenvalue weighted by Crippen LogP contribution is -2.36. The van der Waals surface area contributed by atoms with Crippen LogP contribution in [-0.2, 0) is 9.59 Å². The van der Waals surface area contributed by atoms with Crippen LogP contribution in [-0.4, -0.2) is 11.8 Å². The number of hydrogen-bond donors (Lipinski definition) is 2. The third-order valence-electron chi connectivity index (χ3n) is 5.19. The molecule has 2 unspecified atom stereocenters. The van der Waals surface area contributed by atoms with E-state index >= 15 is 0 Å². The van der Waals surface area contributed by atoms with Crippen molar-refractivity contribution < 1.29 is 9.59 Å². The highest BCUT2D eigenvalue weighted by atomic mass is 16.2. The third kappa shape index (κ3) is 3.67. The van der Waals surface area contributed by atoms with Crippen LogP contribution >= 0.6 is 0 Å². The fourth-order valence-corrected chi connectivity index (χ4v) is 3.64. The largest absolute Gasteiger partial charge is 0.349 e. The molecule has 4 heteroatoms. The number of benzene rings is 3. The van der Waals surface area contributed by atoms with Crippen molar-refractivity contribution >= 4 is 17.5 Å². The minimum atomic E-state index is -0.462. The summed E-state index contributed by atoms with van der Waals surface area (Å²) in [6, 6.07) is 25.7. The Labute approximate surface area is 164 Å². The molecule has 3 aromatic rings. The first-order chi connectivity index (χ1) is 13.6. The maximum absolute atomic E-state index is 12.9. The van der Waals surface area contributed by atoms with E-state index in [4.69, 9.17) is 0 Å². The summed E-state index contributed by atoms with van der Waals surface area (Å²) in [4.78, 5) is 24.9. The first-order valence-electron chi connectivity index (χ1n) is 9.46. The molecule has 140 valence electrons. The quantitative estimate of drug-likeness (QED) is 0.702. The van der Waals surface area contributed by atoms with Crippen molar-refractivity contribution in [3.63, 3.8) is 0 Å². The standard InChI is InChI=1S/C24H22N2O2/c1-16(17-11-13-19(14-12-17)18-7-3-2-4-8-18)25-24(28)21-15-23(27)26-22-10-6-5-9-20(21)22/h2-14,16,21H,15H2,1H3,(H,25,28)(H,26,27). The molecule has 1 heterocycles. The average Bonchev–Trinajstić information content (AvgIpc) is 2.73. The van der Waals surface area contributed by atoms with Crippen molar-refractivity contribution in [2.45, 2.75) is 25.3 Å². The molecule has 0 spiro atoms. The van der Waals surface area contributed by atoms with E-state index in [0.717, 1.165) is 27.9 Å². The Morgan fingerprint density at radius 1 is 0.929 bits per heavy atom. The summed E-state index contributed by atoms with van der Waals surface area (Å²) >= 11 is 0. The number of carbonyl (C=O) groups is 2. The van der Waals surface area contributed by atoms with Gasteiger partial charge in [-0.05, 0) is 35.2 Å². The monoisotopic (exact) mass is 370 g/mol. The van der Waals surface area contributed by atoms with Gasteiger partial charge in [0.25, 0.3) is 0 Å². The number of anilines is 1. The first kappa shape index (κ1) is 18.0. The first-order valence-corrected chi connectivity index (χ1v) is 9.46. The van der Waals surface area contributed by atoms with Crippen LogP contribution in [0.15, 0.2) is 78.9 Å². The second kappa shape index (κ2) is 7.69. The Hall–Kier alpha value is -3.40. The molecule has 4 nitrogen and oxygen atoms in total. The SMILES string of the molecule is CC(NC(=O)C1CC(=O)Nc2ccccc21)c1ccc(-c2ccccc2)cc1. The Morgan fingerprint density at radius 3 is 2.32 bits per heavy atom. The lowest BCUT2D eigenvalue weighted by Gasteiger charge is -2.26. The van der Waals surface area contributed by atoms with Crippen LogP contribution in [0, 0.1) is 0 Å². The Morgan fingerprint density at radius 2 is 1.57 bits per heavy atom. The zero-order chi connectivity index (χ0) is 19.5. The lowest BCUT2D eigenvalue weighted by atomic mass is 9.89. The van der Waals surface area contributed by atoms with E-state index in [1.807, 2.05) is 61.5 Å². The van der Waals surface area contributed by atoms with Crippen molar-refractivity contribution in [2.75, 3.05) is 5.32 Å². The number of para-hydroxylation sites is 1. The molecule has 0 aliphatic carbocycles. The second-order valence-electron chi connectivity index (χ2n) is 7.11. The van der Waals surface area contributed by atoms with Crippen LogP contribution in [0.5, 0.6) is 0 Å². The van der Waals surface area contributed by atoms with E-state index in [1.165, 1.54) is 0 Å². The van der Waals surface area contributed by atoms with Crippen molar-refractivity contribution in [3.8, 4) is 11.1 Å². The smallest absolute Gasteiger partial charge is 0.228 e. The number of nitrogens with one attached hydrogen (secondary N) is 2. The lowest BCUT2D eigenvalue weighted by molar-refractivity contribution is -0.126. The number of hydrogen-bond acceptors (Lipinski definition) is 2. The molecule has 4 rings (SSSR count). The Kier molecular flexibility index (Phi) is 4.94. The van der Waals surface area contributed by atoms with Gasteiger partial charge in [-0.1, -0.05) is 72.8 Å². The topological polar surface area (TPSA) is 58.2 Å². The van der Waals surface area contributed by atoms with Crippen LogP contribution in [0.1, 0.15) is 36.4 Å². The number of fused-ring (bicyclic) bond motifs is 1. The van der Waals surface area contributed by atoms with Gasteiger partial charge in [0.05, 0.1) is 12.0 Å². The van der Waals surface area contributed by atoms with E-state index in [9.17, 15) is 9.59 Å². The van der Waals surface area contributed by atoms with Crippen LogP contribution in [0.4, 0.5) is 5.69 Å². The van der Waals surface area contributed by atoms with E-state index in [-0.39, 0.29) is 24.3 Å². The number of amides is 2. The summed E-state index contributed by atoms with van der Waals surface area (Å²) in [7, 11) is 0. The highest BCUT2D eigenvalue weighted by Crippen LogP contribution is 2.32. The van der Waals surface area contributed by atoms with Gasteiger partial charge in [0.1, 0.15) is 0 Å². The molecule has 1 aliphatic heterocycles. The highest BCUT2D eigenvalue weighted by Gasteiger charge is 2.31. The molecule has 28 heavy (non-hydrogen) atoms. The minimum absolute atomic E-state index is 0.123. The van der Waals surface area contributed by atoms with E-state index < -0.39 is 5.92 Å². The molecule has 0 radical (unpaired) electrons. The Balaban J connectivity index is 1.49. The van der Waals surface area contributed by atoms with Crippen LogP contribution in [0.3, 0.4) is 0 Å². The van der Waals surface area contributed by atoms with Crippen LogP contribution in [0.2, 0.25) is 0 Å². The molecule has 2 N–H and O–H groups in total. The minimum Gasteiger partial charge on any atom is -0.349 e. The Bertz CT molecular complexity index is 997. The summed E-state index contributed by atoms with van der Waals surface area (Å²) in [5.74, 6) is -0.711. The van der Waals surface area contributed by atoms with E-state index in [0.29, 0.717) is 0 Å². The van der Waals surface area contributed by atoms with Gasteiger partial charge < -0.3 is 10.6 Å². The summed E-state index contributed by atoms with van der Waals surface area (Å²) < 4.78 is 0. The van der Waals surface area contributed by atoms with Gasteiger partial charge in [-0.3, -0.25) is 9.59 Å². The van der Waals surface area contributed by atoms with Gasteiger partial charge in [-0.25, -0.2) is 0 Å². The molecule has 2 atom stereocenters. The van der Waals surface area contributed by atoms with Crippen LogP contribution < -0.4 is 10.6 Å². The maximum atomic E-state index is 12.9. The number of rotatable bonds is 4. The van der Waals surface area contributed by atoms with Gasteiger partial charge in [-0.2, -0.15) is 0 Å². The average molecular weight is 370 g/mol. The van der Waals surface area contributed by atoms with Gasteiger partial charge in [0, 0.05) is 12.1 Å². The van der Waals surface area contributed by atoms with Crippen molar-refractivity contribution in [1.82, 2.24) is 5.32 Å². The summed E-state index contributed by atoms with van der Waals surface area (Å²) in [5, 5.41) is 5.90. The fraction of sp³-hybridized carbons (Fsp3) is 0.167. The molecule has 3 aromatic carbocycles. The molecular weight excluding hydrogens is 348 g/mol. The summed E-state index contributed by atoms with van der Waals surface area (Å²) in [6.07, 6.45) is 0.169. The molecule has 0 fully saturated rings. The van der Waals surface area contributed by atoms with Crippen molar-refractivity contribution in [3.05, 3.63) is 90.0 Å². The predicted molar refractivity (Wildman–Crippen MR) is 111 cm³/mol. The van der Waals surface area contributed by atoms with Crippen LogP contribution in [0.25, 0.3) is 11.1 Å². The fourth-order valence-electron chi connectivity index (χ4n) is 3.64. The normalized spacial score (nSPS) is 16.6. The summed E-state index contributed by atoms with van der Waals surface area (Å²) in [5.41, 5.74) is 4.92. The molecule has 2 amide bonds.